The van der Waals surface area contributed by atoms with Crippen LogP contribution in [0, 0.1) is 0 Å². The van der Waals surface area contributed by atoms with Crippen molar-refractivity contribution in [2.75, 3.05) is 38.0 Å². The first-order valence-electron chi connectivity index (χ1n) is 8.07. The second-order valence-electron chi connectivity index (χ2n) is 6.01. The van der Waals surface area contributed by atoms with Crippen molar-refractivity contribution in [3.8, 4) is 0 Å². The first-order valence-corrected chi connectivity index (χ1v) is 8.07. The van der Waals surface area contributed by atoms with Crippen LogP contribution in [0.3, 0.4) is 0 Å². The number of rotatable bonds is 1. The van der Waals surface area contributed by atoms with Crippen LogP contribution in [0.25, 0.3) is 0 Å². The molecule has 1 aromatic carbocycles. The average Bonchev–Trinajstić information content (AvgIpc) is 2.80. The molecule has 5 nitrogen and oxygen atoms in total. The maximum Gasteiger partial charge on any atom is 0.254 e. The molecule has 0 radical (unpaired) electrons. The molecule has 3 rings (SSSR count). The van der Waals surface area contributed by atoms with Crippen LogP contribution in [-0.2, 0) is 11.2 Å². The molecule has 2 heterocycles. The number of hydrogen-bond acceptors (Lipinski definition) is 3. The van der Waals surface area contributed by atoms with Crippen LogP contribution < -0.4 is 5.32 Å². The number of amides is 2. The van der Waals surface area contributed by atoms with Crippen molar-refractivity contribution in [2.24, 2.45) is 0 Å². The molecule has 0 saturated carbocycles. The first kappa shape index (κ1) is 14.9. The highest BCUT2D eigenvalue weighted by molar-refractivity contribution is 5.97. The van der Waals surface area contributed by atoms with Crippen molar-refractivity contribution in [2.45, 2.75) is 26.2 Å². The van der Waals surface area contributed by atoms with E-state index in [1.54, 1.807) is 6.92 Å². The molecule has 5 heteroatoms. The van der Waals surface area contributed by atoms with Gasteiger partial charge in [0.25, 0.3) is 5.91 Å². The van der Waals surface area contributed by atoms with E-state index in [9.17, 15) is 9.59 Å². The van der Waals surface area contributed by atoms with Crippen molar-refractivity contribution in [3.63, 3.8) is 0 Å². The van der Waals surface area contributed by atoms with E-state index in [0.717, 1.165) is 55.7 Å². The molecule has 1 N–H and O–H groups in total. The number of nitrogens with zero attached hydrogens (tertiary/aromatic N) is 2. The van der Waals surface area contributed by atoms with Gasteiger partial charge in [-0.1, -0.05) is 6.07 Å². The average molecular weight is 301 g/mol. The van der Waals surface area contributed by atoms with E-state index in [4.69, 9.17) is 0 Å². The Labute approximate surface area is 131 Å². The Hall–Kier alpha value is -2.04. The van der Waals surface area contributed by atoms with Crippen molar-refractivity contribution in [3.05, 3.63) is 29.3 Å². The number of carbonyl (C=O) groups excluding carboxylic acids is 2. The Morgan fingerprint density at radius 3 is 2.64 bits per heavy atom. The summed E-state index contributed by atoms with van der Waals surface area (Å²) >= 11 is 0. The van der Waals surface area contributed by atoms with Crippen LogP contribution in [-0.4, -0.2) is 54.3 Å². The highest BCUT2D eigenvalue weighted by Gasteiger charge is 2.24. The zero-order valence-electron chi connectivity index (χ0n) is 13.1. The summed E-state index contributed by atoms with van der Waals surface area (Å²) in [7, 11) is 0. The first-order chi connectivity index (χ1) is 10.7. The molecule has 0 atom stereocenters. The summed E-state index contributed by atoms with van der Waals surface area (Å²) in [4.78, 5) is 28.1. The molecule has 2 aliphatic heterocycles. The number of benzene rings is 1. The topological polar surface area (TPSA) is 52.7 Å². The lowest BCUT2D eigenvalue weighted by atomic mass is 9.97. The van der Waals surface area contributed by atoms with Gasteiger partial charge in [-0.15, -0.1) is 0 Å². The third-order valence-electron chi connectivity index (χ3n) is 4.55. The molecule has 0 aromatic heterocycles. The fourth-order valence-corrected chi connectivity index (χ4v) is 3.32. The Bertz CT molecular complexity index is 585. The summed E-state index contributed by atoms with van der Waals surface area (Å²) in [5.74, 6) is 0.196. The summed E-state index contributed by atoms with van der Waals surface area (Å²) in [5.41, 5.74) is 3.06. The number of anilines is 1. The van der Waals surface area contributed by atoms with Crippen LogP contribution in [0.2, 0.25) is 0 Å². The second kappa shape index (κ2) is 6.38. The number of hydrogen-bond donors (Lipinski definition) is 1. The van der Waals surface area contributed by atoms with E-state index in [0.29, 0.717) is 13.1 Å². The summed E-state index contributed by atoms with van der Waals surface area (Å²) < 4.78 is 0. The van der Waals surface area contributed by atoms with Crippen LogP contribution in [0.5, 0.6) is 0 Å². The Morgan fingerprint density at radius 2 is 1.82 bits per heavy atom. The lowest BCUT2D eigenvalue weighted by Crippen LogP contribution is -2.37. The fourth-order valence-electron chi connectivity index (χ4n) is 3.32. The Kier molecular flexibility index (Phi) is 4.32. The van der Waals surface area contributed by atoms with Crippen LogP contribution >= 0.6 is 0 Å². The van der Waals surface area contributed by atoms with E-state index in [-0.39, 0.29) is 11.8 Å². The third kappa shape index (κ3) is 2.93. The molecular weight excluding hydrogens is 278 g/mol. The smallest absolute Gasteiger partial charge is 0.254 e. The predicted octanol–water partition coefficient (Wildman–Crippen LogP) is 1.74. The second-order valence-corrected chi connectivity index (χ2v) is 6.01. The van der Waals surface area contributed by atoms with Gasteiger partial charge in [-0.3, -0.25) is 9.59 Å². The molecule has 0 aliphatic carbocycles. The minimum Gasteiger partial charge on any atom is -0.385 e. The maximum atomic E-state index is 12.9. The molecule has 2 aliphatic rings. The zero-order chi connectivity index (χ0) is 15.5. The van der Waals surface area contributed by atoms with Gasteiger partial charge in [-0.25, -0.2) is 0 Å². The quantitative estimate of drug-likeness (QED) is 0.859. The highest BCUT2D eigenvalue weighted by Crippen LogP contribution is 2.26. The van der Waals surface area contributed by atoms with Gasteiger partial charge in [0, 0.05) is 50.9 Å². The Balaban J connectivity index is 1.78. The van der Waals surface area contributed by atoms with Gasteiger partial charge in [0.15, 0.2) is 0 Å². The number of nitrogens with one attached hydrogen (secondary N) is 1. The van der Waals surface area contributed by atoms with Crippen LogP contribution in [0.1, 0.15) is 35.7 Å². The zero-order valence-corrected chi connectivity index (χ0v) is 13.1. The molecule has 118 valence electrons. The fraction of sp³-hybridized carbons (Fsp3) is 0.529. The van der Waals surface area contributed by atoms with Gasteiger partial charge in [0.2, 0.25) is 5.91 Å². The highest BCUT2D eigenvalue weighted by atomic mass is 16.2. The van der Waals surface area contributed by atoms with Gasteiger partial charge in [-0.05, 0) is 37.0 Å². The van der Waals surface area contributed by atoms with Gasteiger partial charge in [-0.2, -0.15) is 0 Å². The number of carbonyl (C=O) groups is 2. The molecular formula is C17H23N3O2. The van der Waals surface area contributed by atoms with Gasteiger partial charge < -0.3 is 15.1 Å². The van der Waals surface area contributed by atoms with E-state index in [2.05, 4.69) is 5.32 Å². The van der Waals surface area contributed by atoms with Crippen molar-refractivity contribution >= 4 is 17.5 Å². The summed E-state index contributed by atoms with van der Waals surface area (Å²) in [6.07, 6.45) is 2.87. The molecule has 22 heavy (non-hydrogen) atoms. The number of fused-ring (bicyclic) bond motifs is 1. The van der Waals surface area contributed by atoms with Crippen molar-refractivity contribution in [1.29, 1.82) is 0 Å². The minimum atomic E-state index is 0.0931. The molecule has 0 unspecified atom stereocenters. The molecule has 1 saturated heterocycles. The lowest BCUT2D eigenvalue weighted by molar-refractivity contribution is -0.128. The summed E-state index contributed by atoms with van der Waals surface area (Å²) in [6.45, 7) is 5.29. The minimum absolute atomic E-state index is 0.0931. The third-order valence-corrected chi connectivity index (χ3v) is 4.55. The predicted molar refractivity (Wildman–Crippen MR) is 86.0 cm³/mol. The van der Waals surface area contributed by atoms with Gasteiger partial charge >= 0.3 is 0 Å². The SMILES string of the molecule is CC(=O)N1CCCN(C(=O)c2cccc3c2CCCN3)CC1. The summed E-state index contributed by atoms with van der Waals surface area (Å²) in [6, 6.07) is 5.93. The molecule has 2 amide bonds. The molecule has 1 aromatic rings. The van der Waals surface area contributed by atoms with E-state index >= 15 is 0 Å². The van der Waals surface area contributed by atoms with Gasteiger partial charge in [0.1, 0.15) is 0 Å². The van der Waals surface area contributed by atoms with Crippen LogP contribution in [0.15, 0.2) is 18.2 Å². The molecule has 1 fully saturated rings. The van der Waals surface area contributed by atoms with Crippen molar-refractivity contribution in [1.82, 2.24) is 9.80 Å². The molecule has 0 bridgehead atoms. The molecule has 0 spiro atoms. The normalized spacial score (nSPS) is 18.2. The van der Waals surface area contributed by atoms with E-state index in [1.807, 2.05) is 28.0 Å². The Morgan fingerprint density at radius 1 is 1.05 bits per heavy atom. The summed E-state index contributed by atoms with van der Waals surface area (Å²) in [5, 5.41) is 3.37. The van der Waals surface area contributed by atoms with Crippen molar-refractivity contribution < 1.29 is 9.59 Å². The maximum absolute atomic E-state index is 12.9. The lowest BCUT2D eigenvalue weighted by Gasteiger charge is -2.25. The van der Waals surface area contributed by atoms with Crippen LogP contribution in [0.4, 0.5) is 5.69 Å². The standard InChI is InChI=1S/C17H23N3O2/c1-13(21)19-9-4-10-20(12-11-19)17(22)15-5-2-7-16-14(15)6-3-8-18-16/h2,5,7,18H,3-4,6,8-12H2,1H3. The largest absolute Gasteiger partial charge is 0.385 e. The van der Waals surface area contributed by atoms with Gasteiger partial charge in [0.05, 0.1) is 0 Å². The van der Waals surface area contributed by atoms with E-state index in [1.165, 1.54) is 0 Å². The monoisotopic (exact) mass is 301 g/mol. The van der Waals surface area contributed by atoms with E-state index < -0.39 is 0 Å².